The summed E-state index contributed by atoms with van der Waals surface area (Å²) in [6, 6.07) is 39.3. The lowest BCUT2D eigenvalue weighted by Crippen LogP contribution is -1.96. The molecule has 7 aromatic rings. The molecule has 0 atom stereocenters. The van der Waals surface area contributed by atoms with Gasteiger partial charge in [0, 0.05) is 40.0 Å². The molecule has 154 valence electrons. The van der Waals surface area contributed by atoms with Crippen LogP contribution in [0.15, 0.2) is 122 Å². The van der Waals surface area contributed by atoms with Gasteiger partial charge in [0.25, 0.3) is 0 Å². The highest BCUT2D eigenvalue weighted by Gasteiger charge is 2.16. The highest BCUT2D eigenvalue weighted by atomic mass is 15.0. The molecule has 0 unspecified atom stereocenters. The van der Waals surface area contributed by atoms with Gasteiger partial charge in [-0.3, -0.25) is 4.98 Å². The van der Waals surface area contributed by atoms with Gasteiger partial charge in [-0.15, -0.1) is 0 Å². The topological polar surface area (TPSA) is 17.8 Å². The number of para-hydroxylation sites is 2. The first-order valence-corrected chi connectivity index (χ1v) is 11.2. The predicted molar refractivity (Wildman–Crippen MR) is 139 cm³/mol. The maximum atomic E-state index is 4.38. The fraction of sp³-hybridized carbons (Fsp3) is 0. The molecule has 0 aliphatic carbocycles. The number of pyridine rings is 1. The zero-order valence-corrected chi connectivity index (χ0v) is 17.9. The van der Waals surface area contributed by atoms with E-state index in [9.17, 15) is 0 Å². The van der Waals surface area contributed by atoms with Crippen molar-refractivity contribution in [1.29, 1.82) is 0 Å². The second-order valence-electron chi connectivity index (χ2n) is 8.49. The van der Waals surface area contributed by atoms with E-state index in [1.807, 2.05) is 18.5 Å². The molecular weight excluding hydrogens is 400 g/mol. The van der Waals surface area contributed by atoms with Gasteiger partial charge < -0.3 is 4.57 Å². The van der Waals surface area contributed by atoms with Crippen molar-refractivity contribution in [1.82, 2.24) is 9.55 Å². The molecule has 2 aromatic heterocycles. The normalized spacial score (nSPS) is 11.6. The minimum absolute atomic E-state index is 1.12. The van der Waals surface area contributed by atoms with Crippen LogP contribution in [0.2, 0.25) is 0 Å². The number of aromatic nitrogens is 2. The van der Waals surface area contributed by atoms with E-state index in [2.05, 4.69) is 113 Å². The number of benzene rings is 5. The van der Waals surface area contributed by atoms with Crippen LogP contribution in [0, 0.1) is 0 Å². The molecule has 5 aromatic carbocycles. The standard InChI is InChI=1S/C31H20N2/c1-2-9-25-21(7-1)14-15-22-19-24(16-17-26(22)25)33-30-13-4-3-10-28(30)29-12-5-11-27(31(29)33)23-8-6-18-32-20-23/h1-20H. The van der Waals surface area contributed by atoms with Crippen molar-refractivity contribution in [3.63, 3.8) is 0 Å². The average molecular weight is 421 g/mol. The first kappa shape index (κ1) is 18.2. The summed E-state index contributed by atoms with van der Waals surface area (Å²) in [5, 5.41) is 7.61. The summed E-state index contributed by atoms with van der Waals surface area (Å²) < 4.78 is 2.40. The first-order valence-electron chi connectivity index (χ1n) is 11.2. The van der Waals surface area contributed by atoms with E-state index in [4.69, 9.17) is 0 Å². The maximum Gasteiger partial charge on any atom is 0.0620 e. The van der Waals surface area contributed by atoms with Crippen LogP contribution < -0.4 is 0 Å². The van der Waals surface area contributed by atoms with Gasteiger partial charge in [-0.05, 0) is 45.8 Å². The summed E-state index contributed by atoms with van der Waals surface area (Å²) in [6.45, 7) is 0. The lowest BCUT2D eigenvalue weighted by atomic mass is 10.0. The van der Waals surface area contributed by atoms with Crippen LogP contribution in [0.25, 0.3) is 60.2 Å². The van der Waals surface area contributed by atoms with Crippen molar-refractivity contribution in [2.24, 2.45) is 0 Å². The number of fused-ring (bicyclic) bond motifs is 6. The Balaban J connectivity index is 1.60. The van der Waals surface area contributed by atoms with E-state index in [0.29, 0.717) is 0 Å². The largest absolute Gasteiger partial charge is 0.309 e. The van der Waals surface area contributed by atoms with Gasteiger partial charge in [0.15, 0.2) is 0 Å². The van der Waals surface area contributed by atoms with E-state index in [0.717, 1.165) is 5.56 Å². The molecule has 2 heteroatoms. The van der Waals surface area contributed by atoms with Gasteiger partial charge in [0.2, 0.25) is 0 Å². The van der Waals surface area contributed by atoms with Crippen molar-refractivity contribution in [2.45, 2.75) is 0 Å². The van der Waals surface area contributed by atoms with Crippen LogP contribution in [-0.2, 0) is 0 Å². The van der Waals surface area contributed by atoms with Crippen LogP contribution in [0.5, 0.6) is 0 Å². The average Bonchev–Trinajstić information content (AvgIpc) is 3.23. The Morgan fingerprint density at radius 2 is 1.33 bits per heavy atom. The lowest BCUT2D eigenvalue weighted by molar-refractivity contribution is 1.19. The van der Waals surface area contributed by atoms with Gasteiger partial charge in [-0.1, -0.05) is 84.9 Å². The molecule has 2 heterocycles. The SMILES string of the molecule is c1cncc(-c2cccc3c4ccccc4n(-c4ccc5c(ccc6ccccc65)c4)c23)c1. The predicted octanol–water partition coefficient (Wildman–Crippen LogP) is 8.15. The second kappa shape index (κ2) is 7.04. The molecule has 0 amide bonds. The highest BCUT2D eigenvalue weighted by Crippen LogP contribution is 2.38. The monoisotopic (exact) mass is 420 g/mol. The van der Waals surface area contributed by atoms with Crippen LogP contribution in [0.4, 0.5) is 0 Å². The molecule has 33 heavy (non-hydrogen) atoms. The van der Waals surface area contributed by atoms with Crippen molar-refractivity contribution >= 4 is 43.4 Å². The summed E-state index contributed by atoms with van der Waals surface area (Å²) in [5.74, 6) is 0. The minimum atomic E-state index is 1.12. The van der Waals surface area contributed by atoms with Crippen molar-refractivity contribution in [2.75, 3.05) is 0 Å². The van der Waals surface area contributed by atoms with Gasteiger partial charge in [-0.25, -0.2) is 0 Å². The Labute approximate surface area is 191 Å². The molecule has 0 N–H and O–H groups in total. The number of rotatable bonds is 2. The zero-order chi connectivity index (χ0) is 21.8. The van der Waals surface area contributed by atoms with Gasteiger partial charge in [-0.2, -0.15) is 0 Å². The smallest absolute Gasteiger partial charge is 0.0620 e. The van der Waals surface area contributed by atoms with E-state index in [1.165, 1.54) is 54.6 Å². The molecule has 7 rings (SSSR count). The van der Waals surface area contributed by atoms with E-state index in [1.54, 1.807) is 0 Å². The Hall–Kier alpha value is -4.43. The molecule has 0 bridgehead atoms. The highest BCUT2D eigenvalue weighted by molar-refractivity contribution is 6.14. The van der Waals surface area contributed by atoms with Gasteiger partial charge >= 0.3 is 0 Å². The van der Waals surface area contributed by atoms with Crippen molar-refractivity contribution in [3.8, 4) is 16.8 Å². The quantitative estimate of drug-likeness (QED) is 0.258. The second-order valence-corrected chi connectivity index (χ2v) is 8.49. The number of hydrogen-bond acceptors (Lipinski definition) is 1. The van der Waals surface area contributed by atoms with E-state index >= 15 is 0 Å². The number of hydrogen-bond donors (Lipinski definition) is 0. The molecule has 0 saturated carbocycles. The third kappa shape index (κ3) is 2.71. The van der Waals surface area contributed by atoms with Crippen molar-refractivity contribution < 1.29 is 0 Å². The summed E-state index contributed by atoms with van der Waals surface area (Å²) >= 11 is 0. The summed E-state index contributed by atoms with van der Waals surface area (Å²) in [5.41, 5.74) is 5.91. The molecule has 0 spiro atoms. The molecule has 0 aliphatic heterocycles. The molecule has 0 fully saturated rings. The Kier molecular flexibility index (Phi) is 3.88. The van der Waals surface area contributed by atoms with E-state index in [-0.39, 0.29) is 0 Å². The number of nitrogens with zero attached hydrogens (tertiary/aromatic N) is 2. The third-order valence-electron chi connectivity index (χ3n) is 6.65. The molecule has 0 aliphatic rings. The lowest BCUT2D eigenvalue weighted by Gasteiger charge is -2.13. The van der Waals surface area contributed by atoms with Gasteiger partial charge in [0.1, 0.15) is 0 Å². The summed E-state index contributed by atoms with van der Waals surface area (Å²) in [4.78, 5) is 4.38. The summed E-state index contributed by atoms with van der Waals surface area (Å²) in [7, 11) is 0. The van der Waals surface area contributed by atoms with Crippen LogP contribution in [0.3, 0.4) is 0 Å². The fourth-order valence-electron chi connectivity index (χ4n) is 5.18. The Morgan fingerprint density at radius 1 is 0.545 bits per heavy atom. The minimum Gasteiger partial charge on any atom is -0.309 e. The Bertz CT molecular complexity index is 1810. The first-order chi connectivity index (χ1) is 16.4. The molecule has 2 nitrogen and oxygen atoms in total. The van der Waals surface area contributed by atoms with E-state index < -0.39 is 0 Å². The summed E-state index contributed by atoms with van der Waals surface area (Å²) in [6.07, 6.45) is 3.77. The van der Waals surface area contributed by atoms with Crippen LogP contribution in [0.1, 0.15) is 0 Å². The van der Waals surface area contributed by atoms with Crippen LogP contribution >= 0.6 is 0 Å². The third-order valence-corrected chi connectivity index (χ3v) is 6.65. The zero-order valence-electron chi connectivity index (χ0n) is 17.9. The molecular formula is C31H20N2. The Morgan fingerprint density at radius 3 is 2.24 bits per heavy atom. The van der Waals surface area contributed by atoms with Crippen LogP contribution in [-0.4, -0.2) is 9.55 Å². The molecule has 0 saturated heterocycles. The maximum absolute atomic E-state index is 4.38. The fourth-order valence-corrected chi connectivity index (χ4v) is 5.18. The van der Waals surface area contributed by atoms with Crippen molar-refractivity contribution in [3.05, 3.63) is 122 Å². The van der Waals surface area contributed by atoms with Gasteiger partial charge in [0.05, 0.1) is 11.0 Å². The molecule has 0 radical (unpaired) electrons.